The second-order valence-corrected chi connectivity index (χ2v) is 18.8. The third-order valence-corrected chi connectivity index (χ3v) is 11.8. The van der Waals surface area contributed by atoms with Crippen LogP contribution in [0.15, 0.2) is 24.3 Å². The van der Waals surface area contributed by atoms with Crippen molar-refractivity contribution in [2.24, 2.45) is 23.3 Å². The van der Waals surface area contributed by atoms with Crippen LogP contribution >= 0.6 is 11.8 Å². The van der Waals surface area contributed by atoms with Crippen molar-refractivity contribution in [3.63, 3.8) is 0 Å². The molecule has 0 saturated carbocycles. The van der Waals surface area contributed by atoms with Gasteiger partial charge in [0.15, 0.2) is 0 Å². The standard InChI is InChI=1S/C46H75N11O14S/c1-9-24(4)34(21-58)55-39(64)26(6)51-46(71)38(27(7)60)57-40(65)25(5)50-37(63)20-49-42(67)32(16-17-72-8)53-43(68)31(14-15-36(48)62)52-44(69)33(18-23(2)3)54-45(70)35(22-59)56-41(66)30(47)19-28-10-12-29(61)13-11-28/h10-13,21,23-27,30-35,38,59-61H,9,14-20,22,47H2,1-8H3,(H2,48,62)(H,49,67)(H,50,63)(H,51,71)(H,52,69)(H,53,68)(H,54,70)(H,55,64)(H,56,66)(H,57,65). The minimum atomic E-state index is -1.58. The Labute approximate surface area is 423 Å². The smallest absolute Gasteiger partial charge is 0.245 e. The van der Waals surface area contributed by atoms with Crippen LogP contribution in [0.25, 0.3) is 0 Å². The molecule has 0 fully saturated rings. The number of nitrogens with two attached hydrogens (primary N) is 2. The fraction of sp³-hybridized carbons (Fsp3) is 0.630. The molecule has 1 rings (SSSR count). The fourth-order valence-electron chi connectivity index (χ4n) is 6.59. The number of carbonyl (C=O) groups is 11. The topological polar surface area (TPSA) is 409 Å². The van der Waals surface area contributed by atoms with Crippen molar-refractivity contribution >= 4 is 77.1 Å². The SMILES string of the molecule is CCC(C)C(C=O)NC(=O)C(C)NC(=O)C(NC(=O)C(C)NC(=O)CNC(=O)C(CCSC)NC(=O)C(CCC(N)=O)NC(=O)C(CC(C)C)NC(=O)C(CO)NC(=O)C(N)Cc1ccc(O)cc1)C(C)O. The lowest BCUT2D eigenvalue weighted by molar-refractivity contribution is -0.136. The van der Waals surface area contributed by atoms with Gasteiger partial charge < -0.3 is 79.4 Å². The van der Waals surface area contributed by atoms with Crippen molar-refractivity contribution in [1.82, 2.24) is 47.9 Å². The van der Waals surface area contributed by atoms with Gasteiger partial charge in [0.25, 0.3) is 0 Å². The molecule has 11 unspecified atom stereocenters. The van der Waals surface area contributed by atoms with Crippen LogP contribution in [0.5, 0.6) is 5.75 Å². The minimum absolute atomic E-state index is 0.00689. The summed E-state index contributed by atoms with van der Waals surface area (Å²) in [6.45, 7) is 9.32. The number of benzene rings is 1. The summed E-state index contributed by atoms with van der Waals surface area (Å²) in [5.41, 5.74) is 12.0. The number of hydrogen-bond acceptors (Lipinski definition) is 16. The average Bonchev–Trinajstić information content (AvgIpc) is 3.32. The normalized spacial score (nSPS) is 15.7. The highest BCUT2D eigenvalue weighted by atomic mass is 32.2. The Kier molecular flexibility index (Phi) is 28.8. The number of hydrogen-bond donors (Lipinski definition) is 14. The van der Waals surface area contributed by atoms with Gasteiger partial charge in [0.05, 0.1) is 31.3 Å². The quantitative estimate of drug-likeness (QED) is 0.0298. The lowest BCUT2D eigenvalue weighted by atomic mass is 10.00. The summed E-state index contributed by atoms with van der Waals surface area (Å²) in [6.07, 6.45) is 0.776. The molecule has 0 heterocycles. The van der Waals surface area contributed by atoms with E-state index in [1.807, 2.05) is 6.92 Å². The Morgan fingerprint density at radius 3 is 1.72 bits per heavy atom. The number of carbonyl (C=O) groups excluding carboxylic acids is 11. The summed E-state index contributed by atoms with van der Waals surface area (Å²) >= 11 is 1.32. The van der Waals surface area contributed by atoms with E-state index in [2.05, 4.69) is 47.9 Å². The highest BCUT2D eigenvalue weighted by molar-refractivity contribution is 7.98. The molecule has 1 aromatic carbocycles. The largest absolute Gasteiger partial charge is 0.508 e. The molecule has 0 aromatic heterocycles. The Bertz CT molecular complexity index is 2010. The van der Waals surface area contributed by atoms with Crippen LogP contribution in [-0.2, 0) is 59.2 Å². The van der Waals surface area contributed by atoms with Gasteiger partial charge in [0.1, 0.15) is 54.3 Å². The molecule has 0 saturated heterocycles. The number of rotatable bonds is 33. The van der Waals surface area contributed by atoms with Crippen LogP contribution in [0.2, 0.25) is 0 Å². The van der Waals surface area contributed by atoms with Gasteiger partial charge in [-0.2, -0.15) is 11.8 Å². The van der Waals surface area contributed by atoms with E-state index in [0.717, 1.165) is 0 Å². The average molecular weight is 1040 g/mol. The molecule has 72 heavy (non-hydrogen) atoms. The number of phenolic OH excluding ortho intramolecular Hbond substituents is 1. The molecule has 26 heteroatoms. The summed E-state index contributed by atoms with van der Waals surface area (Å²) in [5, 5.41) is 51.7. The number of primary amides is 1. The zero-order chi connectivity index (χ0) is 54.8. The van der Waals surface area contributed by atoms with Crippen LogP contribution in [0, 0.1) is 11.8 Å². The maximum absolute atomic E-state index is 13.8. The van der Waals surface area contributed by atoms with Crippen molar-refractivity contribution in [1.29, 1.82) is 0 Å². The number of amides is 10. The molecule has 0 bridgehead atoms. The molecule has 16 N–H and O–H groups in total. The predicted octanol–water partition coefficient (Wildman–Crippen LogP) is -4.02. The van der Waals surface area contributed by atoms with Crippen molar-refractivity contribution in [2.45, 2.75) is 147 Å². The first kappa shape index (κ1) is 63.6. The van der Waals surface area contributed by atoms with Gasteiger partial charge in [-0.05, 0) is 88.0 Å². The number of aliphatic hydroxyl groups is 2. The van der Waals surface area contributed by atoms with Crippen molar-refractivity contribution in [3.8, 4) is 5.75 Å². The van der Waals surface area contributed by atoms with Crippen LogP contribution in [-0.4, -0.2) is 166 Å². The molecular weight excluding hydrogens is 963 g/mol. The lowest BCUT2D eigenvalue weighted by Gasteiger charge is -2.27. The molecule has 0 aliphatic rings. The second-order valence-electron chi connectivity index (χ2n) is 17.8. The van der Waals surface area contributed by atoms with Gasteiger partial charge in [-0.25, -0.2) is 0 Å². The molecule has 0 aliphatic heterocycles. The predicted molar refractivity (Wildman–Crippen MR) is 265 cm³/mol. The Hall–Kier alpha value is -6.38. The number of aromatic hydroxyl groups is 1. The number of aliphatic hydroxyl groups excluding tert-OH is 2. The zero-order valence-electron chi connectivity index (χ0n) is 42.1. The molecule has 0 aliphatic carbocycles. The van der Waals surface area contributed by atoms with Crippen LogP contribution in [0.1, 0.15) is 86.1 Å². The number of thioether (sulfide) groups is 1. The lowest BCUT2D eigenvalue weighted by Crippen LogP contribution is -2.60. The molecular formula is C46H75N11O14S. The van der Waals surface area contributed by atoms with E-state index in [9.17, 15) is 68.1 Å². The monoisotopic (exact) mass is 1040 g/mol. The van der Waals surface area contributed by atoms with Gasteiger partial charge in [0, 0.05) is 6.42 Å². The van der Waals surface area contributed by atoms with E-state index in [1.165, 1.54) is 44.7 Å². The van der Waals surface area contributed by atoms with E-state index < -0.39 is 139 Å². The molecule has 11 atom stereocenters. The molecule has 25 nitrogen and oxygen atoms in total. The van der Waals surface area contributed by atoms with Gasteiger partial charge in [-0.1, -0.05) is 46.2 Å². The third kappa shape index (κ3) is 23.2. The van der Waals surface area contributed by atoms with Gasteiger partial charge in [-0.3, -0.25) is 47.9 Å². The van der Waals surface area contributed by atoms with Crippen molar-refractivity contribution in [2.75, 3.05) is 25.2 Å². The van der Waals surface area contributed by atoms with Gasteiger partial charge >= 0.3 is 0 Å². The minimum Gasteiger partial charge on any atom is -0.508 e. The Morgan fingerprint density at radius 1 is 0.667 bits per heavy atom. The first-order chi connectivity index (χ1) is 33.8. The van der Waals surface area contributed by atoms with Crippen LogP contribution < -0.4 is 59.3 Å². The molecule has 1 aromatic rings. The summed E-state index contributed by atoms with van der Waals surface area (Å²) in [5.74, 6) is -8.72. The van der Waals surface area contributed by atoms with Crippen molar-refractivity contribution in [3.05, 3.63) is 29.8 Å². The van der Waals surface area contributed by atoms with Gasteiger partial charge in [-0.15, -0.1) is 0 Å². The molecule has 0 spiro atoms. The molecule has 0 radical (unpaired) electrons. The summed E-state index contributed by atoms with van der Waals surface area (Å²) < 4.78 is 0. The highest BCUT2D eigenvalue weighted by Gasteiger charge is 2.34. The molecule has 404 valence electrons. The summed E-state index contributed by atoms with van der Waals surface area (Å²) in [6, 6.07) is -5.79. The maximum atomic E-state index is 13.8. The number of phenols is 1. The van der Waals surface area contributed by atoms with E-state index in [1.54, 1.807) is 39.2 Å². The first-order valence-corrected chi connectivity index (χ1v) is 24.9. The van der Waals surface area contributed by atoms with E-state index in [4.69, 9.17) is 11.5 Å². The highest BCUT2D eigenvalue weighted by Crippen LogP contribution is 2.12. The fourth-order valence-corrected chi connectivity index (χ4v) is 7.06. The third-order valence-electron chi connectivity index (χ3n) is 11.2. The summed E-state index contributed by atoms with van der Waals surface area (Å²) in [7, 11) is 0. The van der Waals surface area contributed by atoms with Crippen molar-refractivity contribution < 1.29 is 68.1 Å². The van der Waals surface area contributed by atoms with E-state index in [0.29, 0.717) is 24.0 Å². The number of nitrogens with one attached hydrogen (secondary N) is 9. The zero-order valence-corrected chi connectivity index (χ0v) is 42.9. The first-order valence-electron chi connectivity index (χ1n) is 23.5. The number of aldehydes is 1. The second kappa shape index (κ2) is 32.6. The van der Waals surface area contributed by atoms with E-state index >= 15 is 0 Å². The molecule has 10 amide bonds. The Morgan fingerprint density at radius 2 is 1.19 bits per heavy atom. The van der Waals surface area contributed by atoms with E-state index in [-0.39, 0.29) is 43.3 Å². The maximum Gasteiger partial charge on any atom is 0.245 e. The van der Waals surface area contributed by atoms with Gasteiger partial charge in [0.2, 0.25) is 59.1 Å². The Balaban J connectivity index is 3.05. The van der Waals surface area contributed by atoms with Crippen LogP contribution in [0.3, 0.4) is 0 Å². The van der Waals surface area contributed by atoms with Crippen LogP contribution in [0.4, 0.5) is 0 Å². The summed E-state index contributed by atoms with van der Waals surface area (Å²) in [4.78, 5) is 142.